The Hall–Kier alpha value is -1.37. The minimum Gasteiger partial charge on any atom is -0.507 e. The van der Waals surface area contributed by atoms with Gasteiger partial charge in [0.15, 0.2) is 0 Å². The number of aliphatic hydroxyl groups excluding tert-OH is 1. The molecule has 0 amide bonds. The maximum atomic E-state index is 11.6. The van der Waals surface area contributed by atoms with Crippen LogP contribution in [-0.2, 0) is 22.6 Å². The third-order valence-corrected chi connectivity index (χ3v) is 8.09. The molecule has 0 aromatic heterocycles. The van der Waals surface area contributed by atoms with Crippen molar-refractivity contribution in [2.75, 3.05) is 0 Å². The van der Waals surface area contributed by atoms with Crippen molar-refractivity contribution in [1.82, 2.24) is 0 Å². The molecule has 2 unspecified atom stereocenters. The monoisotopic (exact) mass is 442 g/mol. The Balaban J connectivity index is 2.72. The fraction of sp³-hybridized carbons (Fsp3) is 0.571. The van der Waals surface area contributed by atoms with Crippen molar-refractivity contribution in [2.45, 2.75) is 104 Å². The molecule has 2 N–H and O–H groups in total. The van der Waals surface area contributed by atoms with E-state index in [1.165, 1.54) is 23.7 Å². The van der Waals surface area contributed by atoms with Crippen LogP contribution in [0.2, 0.25) is 0 Å². The van der Waals surface area contributed by atoms with Crippen molar-refractivity contribution in [2.24, 2.45) is 0 Å². The van der Waals surface area contributed by atoms with E-state index in [0.717, 1.165) is 29.5 Å². The van der Waals surface area contributed by atoms with E-state index in [0.29, 0.717) is 14.3 Å². The average molecular weight is 443 g/mol. The van der Waals surface area contributed by atoms with Crippen LogP contribution in [0.4, 0.5) is 0 Å². The molecule has 0 aliphatic rings. The lowest BCUT2D eigenvalue weighted by Crippen LogP contribution is -2.25. The first-order chi connectivity index (χ1) is 14.3. The van der Waals surface area contributed by atoms with Crippen molar-refractivity contribution < 1.29 is 10.2 Å². The fourth-order valence-electron chi connectivity index (χ4n) is 4.13. The second kappa shape index (κ2) is 10.1. The maximum Gasteiger partial charge on any atom is 0.123 e. The molecule has 0 aliphatic carbocycles. The summed E-state index contributed by atoms with van der Waals surface area (Å²) in [5.74, 6) is 0.452. The summed E-state index contributed by atoms with van der Waals surface area (Å²) in [5.41, 5.74) is 4.20. The topological polar surface area (TPSA) is 40.5 Å². The lowest BCUT2D eigenvalue weighted by atomic mass is 9.77. The van der Waals surface area contributed by atoms with Gasteiger partial charge in [0.25, 0.3) is 0 Å². The Labute approximate surface area is 192 Å². The molecular weight excluding hydrogens is 399 g/mol. The molecule has 2 nitrogen and oxygen atoms in total. The Bertz CT molecular complexity index is 874. The zero-order valence-corrected chi connectivity index (χ0v) is 21.9. The number of rotatable bonds is 8. The highest BCUT2D eigenvalue weighted by Gasteiger charge is 2.34. The van der Waals surface area contributed by atoms with Gasteiger partial charge in [-0.3, -0.25) is 0 Å². The first kappa shape index (κ1) is 25.9. The van der Waals surface area contributed by atoms with Gasteiger partial charge >= 0.3 is 0 Å². The highest BCUT2D eigenvalue weighted by atomic mass is 31.1. The van der Waals surface area contributed by atoms with Crippen LogP contribution in [0.25, 0.3) is 0 Å². The van der Waals surface area contributed by atoms with Crippen LogP contribution >= 0.6 is 8.58 Å². The zero-order valence-electron chi connectivity index (χ0n) is 20.9. The van der Waals surface area contributed by atoms with Crippen LogP contribution in [0.15, 0.2) is 36.4 Å². The van der Waals surface area contributed by atoms with Gasteiger partial charge in [0.05, 0.1) is 6.61 Å². The molecule has 172 valence electrons. The van der Waals surface area contributed by atoms with E-state index in [1.807, 2.05) is 12.1 Å². The first-order valence-corrected chi connectivity index (χ1v) is 12.7. The van der Waals surface area contributed by atoms with Crippen molar-refractivity contribution in [3.63, 3.8) is 0 Å². The third-order valence-electron chi connectivity index (χ3n) is 6.26. The van der Waals surface area contributed by atoms with Gasteiger partial charge in [-0.15, -0.1) is 0 Å². The number of aromatic hydroxyl groups is 1. The molecule has 0 aliphatic heterocycles. The Morgan fingerprint density at radius 3 is 2.00 bits per heavy atom. The smallest absolute Gasteiger partial charge is 0.123 e. The van der Waals surface area contributed by atoms with E-state index in [-0.39, 0.29) is 22.6 Å². The summed E-state index contributed by atoms with van der Waals surface area (Å²) in [6.45, 7) is 17.9. The van der Waals surface area contributed by atoms with Gasteiger partial charge in [-0.1, -0.05) is 120 Å². The molecule has 0 saturated carbocycles. The fourth-order valence-corrected chi connectivity index (χ4v) is 5.85. The molecule has 0 saturated heterocycles. The van der Waals surface area contributed by atoms with Crippen molar-refractivity contribution in [3.05, 3.63) is 58.7 Å². The van der Waals surface area contributed by atoms with Gasteiger partial charge < -0.3 is 10.2 Å². The first-order valence-electron chi connectivity index (χ1n) is 11.7. The molecule has 0 fully saturated rings. The van der Waals surface area contributed by atoms with Gasteiger partial charge in [-0.2, -0.15) is 0 Å². The number of phenolic OH excluding ortho intramolecular Hbond substituents is 1. The van der Waals surface area contributed by atoms with Crippen LogP contribution in [0.5, 0.6) is 5.75 Å². The van der Waals surface area contributed by atoms with Crippen LogP contribution in [-0.4, -0.2) is 10.2 Å². The predicted molar refractivity (Wildman–Crippen MR) is 137 cm³/mol. The van der Waals surface area contributed by atoms with Gasteiger partial charge in [0.1, 0.15) is 5.75 Å². The summed E-state index contributed by atoms with van der Waals surface area (Å²) in [7, 11) is 0.479. The molecule has 2 aromatic carbocycles. The minimum atomic E-state index is -0.189. The highest BCUT2D eigenvalue weighted by Crippen LogP contribution is 2.51. The molecule has 3 heteroatoms. The second-order valence-corrected chi connectivity index (χ2v) is 13.0. The lowest BCUT2D eigenvalue weighted by Gasteiger charge is -2.36. The van der Waals surface area contributed by atoms with E-state index in [2.05, 4.69) is 79.7 Å². The maximum absolute atomic E-state index is 11.6. The van der Waals surface area contributed by atoms with Gasteiger partial charge in [0, 0.05) is 10.7 Å². The van der Waals surface area contributed by atoms with Gasteiger partial charge in [-0.05, 0) is 39.2 Å². The Morgan fingerprint density at radius 2 is 1.45 bits per heavy atom. The summed E-state index contributed by atoms with van der Waals surface area (Å²) in [6.07, 6.45) is 4.51. The largest absolute Gasteiger partial charge is 0.507 e. The van der Waals surface area contributed by atoms with E-state index >= 15 is 0 Å². The summed E-state index contributed by atoms with van der Waals surface area (Å²) in [6, 6.07) is 12.7. The quantitative estimate of drug-likeness (QED) is 0.333. The minimum absolute atomic E-state index is 0.00110. The normalized spacial score (nSPS) is 14.9. The number of hydrogen-bond donors (Lipinski definition) is 2. The molecule has 0 radical (unpaired) electrons. The number of benzene rings is 2. The van der Waals surface area contributed by atoms with E-state index in [9.17, 15) is 10.2 Å². The Morgan fingerprint density at radius 1 is 0.839 bits per heavy atom. The summed E-state index contributed by atoms with van der Waals surface area (Å²) < 4.78 is 0. The molecular formula is C28H43O2P. The third kappa shape index (κ3) is 6.33. The number of unbranched alkanes of at least 4 members (excludes halogenated alkanes) is 2. The van der Waals surface area contributed by atoms with Crippen LogP contribution in [0.3, 0.4) is 0 Å². The Kier molecular flexibility index (Phi) is 8.39. The summed E-state index contributed by atoms with van der Waals surface area (Å²) >= 11 is 0. The zero-order chi connectivity index (χ0) is 23.4. The van der Waals surface area contributed by atoms with E-state index in [4.69, 9.17) is 0 Å². The van der Waals surface area contributed by atoms with E-state index < -0.39 is 0 Å². The SMILES string of the molecule is CCCCCC(C)(Pc1ccccc1CO)c1cc(C(C)(C)C)cc(C(C)(C)C)c1O. The molecule has 0 spiro atoms. The standard InChI is InChI=1S/C28H43O2P/c1-9-10-13-16-28(8,31-24-15-12-11-14-20(24)19-29)23-18-21(26(2,3)4)17-22(25(23)30)27(5,6)7/h11-12,14-15,17-18,29-31H,9-10,13,16,19H2,1-8H3. The van der Waals surface area contributed by atoms with Crippen LogP contribution in [0, 0.1) is 0 Å². The van der Waals surface area contributed by atoms with Crippen LogP contribution in [0.1, 0.15) is 103 Å². The van der Waals surface area contributed by atoms with E-state index in [1.54, 1.807) is 0 Å². The molecule has 0 bridgehead atoms. The molecule has 2 atom stereocenters. The van der Waals surface area contributed by atoms with Gasteiger partial charge in [-0.25, -0.2) is 0 Å². The summed E-state index contributed by atoms with van der Waals surface area (Å²) in [4.78, 5) is 0. The van der Waals surface area contributed by atoms with Crippen LogP contribution < -0.4 is 5.30 Å². The van der Waals surface area contributed by atoms with Gasteiger partial charge in [0.2, 0.25) is 0 Å². The highest BCUT2D eigenvalue weighted by molar-refractivity contribution is 7.48. The number of hydrogen-bond acceptors (Lipinski definition) is 2. The van der Waals surface area contributed by atoms with Crippen molar-refractivity contribution in [1.29, 1.82) is 0 Å². The summed E-state index contributed by atoms with van der Waals surface area (Å²) in [5, 5.41) is 22.5. The number of phenols is 1. The molecule has 2 aromatic rings. The predicted octanol–water partition coefficient (Wildman–Crippen LogP) is 7.28. The number of aliphatic hydroxyl groups is 1. The second-order valence-electron chi connectivity index (χ2n) is 11.1. The molecule has 2 rings (SSSR count). The van der Waals surface area contributed by atoms with Crippen molar-refractivity contribution >= 4 is 13.9 Å². The van der Waals surface area contributed by atoms with Crippen molar-refractivity contribution in [3.8, 4) is 5.75 Å². The molecule has 31 heavy (non-hydrogen) atoms. The average Bonchev–Trinajstić information content (AvgIpc) is 2.67. The lowest BCUT2D eigenvalue weighted by molar-refractivity contribution is 0.283. The molecule has 0 heterocycles.